The van der Waals surface area contributed by atoms with Gasteiger partial charge in [-0.05, 0) is 18.9 Å². The summed E-state index contributed by atoms with van der Waals surface area (Å²) in [5, 5.41) is 13.5. The molecule has 1 aromatic carbocycles. The number of non-ortho nitro benzene ring substituents is 1. The molecular formula is C13H17BrN2O3. The maximum atomic E-state index is 12.0. The minimum atomic E-state index is -0.499. The number of alkyl halides is 1. The predicted octanol–water partition coefficient (Wildman–Crippen LogP) is 3.20. The number of hydrogen-bond donors (Lipinski definition) is 1. The lowest BCUT2D eigenvalue weighted by Crippen LogP contribution is -2.30. The second-order valence-corrected chi connectivity index (χ2v) is 5.65. The molecule has 104 valence electrons. The lowest BCUT2D eigenvalue weighted by atomic mass is 10.1. The van der Waals surface area contributed by atoms with Gasteiger partial charge < -0.3 is 5.32 Å². The lowest BCUT2D eigenvalue weighted by Gasteiger charge is -2.11. The van der Waals surface area contributed by atoms with Gasteiger partial charge in [0.05, 0.1) is 4.92 Å². The number of rotatable bonds is 6. The van der Waals surface area contributed by atoms with Crippen LogP contribution in [-0.4, -0.2) is 22.2 Å². The highest BCUT2D eigenvalue weighted by Crippen LogP contribution is 2.17. The van der Waals surface area contributed by atoms with Crippen LogP contribution in [0.25, 0.3) is 0 Å². The van der Waals surface area contributed by atoms with E-state index < -0.39 is 4.92 Å². The van der Waals surface area contributed by atoms with Gasteiger partial charge in [0.2, 0.25) is 0 Å². The quantitative estimate of drug-likeness (QED) is 0.495. The van der Waals surface area contributed by atoms with E-state index in [1.54, 1.807) is 13.0 Å². The molecule has 0 heterocycles. The summed E-state index contributed by atoms with van der Waals surface area (Å²) < 4.78 is 0. The number of nitrogens with one attached hydrogen (secondary N) is 1. The predicted molar refractivity (Wildman–Crippen MR) is 77.8 cm³/mol. The van der Waals surface area contributed by atoms with Gasteiger partial charge in [-0.1, -0.05) is 35.3 Å². The van der Waals surface area contributed by atoms with Crippen molar-refractivity contribution in [1.29, 1.82) is 0 Å². The van der Waals surface area contributed by atoms with Gasteiger partial charge in [-0.3, -0.25) is 14.9 Å². The topological polar surface area (TPSA) is 72.2 Å². The van der Waals surface area contributed by atoms with Crippen LogP contribution in [0.15, 0.2) is 18.2 Å². The van der Waals surface area contributed by atoms with E-state index in [2.05, 4.69) is 28.2 Å². The molecule has 0 saturated carbocycles. The van der Waals surface area contributed by atoms with Gasteiger partial charge in [-0.2, -0.15) is 0 Å². The molecule has 0 radical (unpaired) electrons. The summed E-state index contributed by atoms with van der Waals surface area (Å²) in [5.74, 6) is -0.276. The molecule has 1 amide bonds. The van der Waals surface area contributed by atoms with E-state index in [9.17, 15) is 14.9 Å². The first-order valence-electron chi connectivity index (χ1n) is 6.13. The van der Waals surface area contributed by atoms with E-state index in [4.69, 9.17) is 0 Å². The van der Waals surface area contributed by atoms with Crippen LogP contribution < -0.4 is 5.32 Å². The monoisotopic (exact) mass is 328 g/mol. The fraction of sp³-hybridized carbons (Fsp3) is 0.462. The maximum absolute atomic E-state index is 12.0. The van der Waals surface area contributed by atoms with Crippen molar-refractivity contribution >= 4 is 27.5 Å². The number of benzene rings is 1. The molecule has 19 heavy (non-hydrogen) atoms. The van der Waals surface area contributed by atoms with Gasteiger partial charge >= 0.3 is 0 Å². The largest absolute Gasteiger partial charge is 0.351 e. The number of halogens is 1. The van der Waals surface area contributed by atoms with Gasteiger partial charge in [-0.25, -0.2) is 0 Å². The van der Waals surface area contributed by atoms with Crippen molar-refractivity contribution in [1.82, 2.24) is 5.32 Å². The van der Waals surface area contributed by atoms with Crippen LogP contribution in [-0.2, 0) is 0 Å². The maximum Gasteiger partial charge on any atom is 0.270 e. The average Bonchev–Trinajstić information content (AvgIpc) is 2.36. The Labute approximate surface area is 120 Å². The second-order valence-electron chi connectivity index (χ2n) is 4.35. The molecular weight excluding hydrogens is 312 g/mol. The van der Waals surface area contributed by atoms with E-state index in [1.165, 1.54) is 12.1 Å². The molecule has 0 aliphatic carbocycles. The number of nitrogens with zero attached hydrogens (tertiary/aromatic N) is 1. The molecule has 0 aliphatic rings. The Balaban J connectivity index is 2.76. The summed E-state index contributed by atoms with van der Waals surface area (Å²) in [7, 11) is 0. The molecule has 1 N–H and O–H groups in total. The number of hydrogen-bond acceptors (Lipinski definition) is 3. The first-order valence-corrected chi connectivity index (χ1v) is 7.04. The zero-order valence-corrected chi connectivity index (χ0v) is 12.6. The molecule has 0 aromatic heterocycles. The summed E-state index contributed by atoms with van der Waals surface area (Å²) in [4.78, 5) is 22.4. The minimum absolute atomic E-state index is 0.0697. The summed E-state index contributed by atoms with van der Waals surface area (Å²) in [6, 6.07) is 4.30. The van der Waals surface area contributed by atoms with Crippen molar-refractivity contribution in [2.75, 3.05) is 6.54 Å². The zero-order valence-electron chi connectivity index (χ0n) is 11.0. The van der Waals surface area contributed by atoms with Gasteiger partial charge in [0.1, 0.15) is 0 Å². The van der Waals surface area contributed by atoms with Gasteiger partial charge in [-0.15, -0.1) is 0 Å². The number of carbonyl (C=O) groups excluding carboxylic acids is 1. The van der Waals surface area contributed by atoms with Crippen molar-refractivity contribution in [2.24, 2.45) is 0 Å². The molecule has 1 atom stereocenters. The SMILES string of the molecule is CCCC(Br)CNC(=O)c1cc([N+](=O)[O-])ccc1C. The Hall–Kier alpha value is -1.43. The van der Waals surface area contributed by atoms with Crippen molar-refractivity contribution in [3.8, 4) is 0 Å². The van der Waals surface area contributed by atoms with E-state index in [1.807, 2.05) is 0 Å². The van der Waals surface area contributed by atoms with Gasteiger partial charge in [0.15, 0.2) is 0 Å². The number of nitro groups is 1. The average molecular weight is 329 g/mol. The number of aryl methyl sites for hydroxylation is 1. The normalized spacial score (nSPS) is 11.9. The smallest absolute Gasteiger partial charge is 0.270 e. The van der Waals surface area contributed by atoms with Crippen LogP contribution in [0.4, 0.5) is 5.69 Å². The fourth-order valence-corrected chi connectivity index (χ4v) is 2.30. The molecule has 1 aromatic rings. The molecule has 1 unspecified atom stereocenters. The molecule has 1 rings (SSSR count). The Morgan fingerprint density at radius 1 is 1.53 bits per heavy atom. The molecule has 0 fully saturated rings. The van der Waals surface area contributed by atoms with Crippen molar-refractivity contribution in [3.05, 3.63) is 39.4 Å². The van der Waals surface area contributed by atoms with E-state index >= 15 is 0 Å². The van der Waals surface area contributed by atoms with Gasteiger partial charge in [0, 0.05) is 29.1 Å². The standard InChI is InChI=1S/C13H17BrN2O3/c1-3-4-10(14)8-15-13(17)12-7-11(16(18)19)6-5-9(12)2/h5-7,10H,3-4,8H2,1-2H3,(H,15,17). The highest BCUT2D eigenvalue weighted by Gasteiger charge is 2.15. The summed E-state index contributed by atoms with van der Waals surface area (Å²) in [5.41, 5.74) is 1.01. The number of nitro benzene ring substituents is 1. The molecule has 6 heteroatoms. The van der Waals surface area contributed by atoms with Crippen molar-refractivity contribution < 1.29 is 9.72 Å². The van der Waals surface area contributed by atoms with E-state index in [0.29, 0.717) is 12.1 Å². The molecule has 5 nitrogen and oxygen atoms in total. The van der Waals surface area contributed by atoms with Crippen LogP contribution in [0.1, 0.15) is 35.7 Å². The summed E-state index contributed by atoms with van der Waals surface area (Å²) in [6.07, 6.45) is 2.00. The number of amides is 1. The zero-order chi connectivity index (χ0) is 14.4. The first kappa shape index (κ1) is 15.6. The third kappa shape index (κ3) is 4.63. The van der Waals surface area contributed by atoms with Crippen LogP contribution in [0.2, 0.25) is 0 Å². The van der Waals surface area contributed by atoms with Crippen molar-refractivity contribution in [2.45, 2.75) is 31.5 Å². The van der Waals surface area contributed by atoms with Crippen molar-refractivity contribution in [3.63, 3.8) is 0 Å². The first-order chi connectivity index (χ1) is 8.95. The Bertz CT molecular complexity index is 477. The highest BCUT2D eigenvalue weighted by atomic mass is 79.9. The second kappa shape index (κ2) is 7.23. The summed E-state index contributed by atoms with van der Waals surface area (Å²) >= 11 is 3.47. The molecule has 0 aliphatic heterocycles. The van der Waals surface area contributed by atoms with Crippen LogP contribution in [0, 0.1) is 17.0 Å². The van der Waals surface area contributed by atoms with Gasteiger partial charge in [0.25, 0.3) is 11.6 Å². The Kier molecular flexibility index (Phi) is 5.95. The molecule has 0 bridgehead atoms. The lowest BCUT2D eigenvalue weighted by molar-refractivity contribution is -0.384. The fourth-order valence-electron chi connectivity index (χ4n) is 1.68. The highest BCUT2D eigenvalue weighted by molar-refractivity contribution is 9.09. The Morgan fingerprint density at radius 2 is 2.21 bits per heavy atom. The van der Waals surface area contributed by atoms with E-state index in [0.717, 1.165) is 18.4 Å². The minimum Gasteiger partial charge on any atom is -0.351 e. The Morgan fingerprint density at radius 3 is 2.79 bits per heavy atom. The third-order valence-electron chi connectivity index (χ3n) is 2.76. The third-order valence-corrected chi connectivity index (χ3v) is 3.54. The van der Waals surface area contributed by atoms with Crippen LogP contribution >= 0.6 is 15.9 Å². The van der Waals surface area contributed by atoms with Crippen LogP contribution in [0.3, 0.4) is 0 Å². The molecule has 0 spiro atoms. The molecule has 0 saturated heterocycles. The van der Waals surface area contributed by atoms with Crippen LogP contribution in [0.5, 0.6) is 0 Å². The number of carbonyl (C=O) groups is 1. The van der Waals surface area contributed by atoms with E-state index in [-0.39, 0.29) is 16.4 Å². The summed E-state index contributed by atoms with van der Waals surface area (Å²) in [6.45, 7) is 4.34.